The van der Waals surface area contributed by atoms with E-state index in [1.54, 1.807) is 18.7 Å². The molecule has 0 fully saturated rings. The van der Waals surface area contributed by atoms with E-state index in [1.165, 1.54) is 0 Å². The summed E-state index contributed by atoms with van der Waals surface area (Å²) in [6.45, 7) is 5.37. The monoisotopic (exact) mass is 402 g/mol. The Bertz CT molecular complexity index is 757. The highest BCUT2D eigenvalue weighted by Gasteiger charge is 2.37. The van der Waals surface area contributed by atoms with Crippen molar-refractivity contribution in [2.45, 2.75) is 26.7 Å². The van der Waals surface area contributed by atoms with Crippen LogP contribution in [0.2, 0.25) is 0 Å². The Morgan fingerprint density at radius 1 is 1.42 bits per heavy atom. The van der Waals surface area contributed by atoms with Crippen LogP contribution in [0.4, 0.5) is 0 Å². The van der Waals surface area contributed by atoms with E-state index < -0.39 is 5.92 Å². The topological polar surface area (TPSA) is 53.2 Å². The highest BCUT2D eigenvalue weighted by molar-refractivity contribution is 9.10. The molecule has 2 rings (SSSR count). The zero-order valence-electron chi connectivity index (χ0n) is 13.9. The van der Waals surface area contributed by atoms with Crippen molar-refractivity contribution < 1.29 is 4.79 Å². The van der Waals surface area contributed by atoms with Crippen LogP contribution in [0, 0.1) is 17.2 Å². The number of nitrogens with zero attached hydrogens (tertiary/aromatic N) is 2. The van der Waals surface area contributed by atoms with Crippen molar-refractivity contribution in [3.05, 3.63) is 57.7 Å². The number of Topliss-reactive ketones (excluding diaryl/α,β-unsaturated/α-hetero) is 1. The Balaban J connectivity index is 2.52. The van der Waals surface area contributed by atoms with Gasteiger partial charge in [0, 0.05) is 27.4 Å². The molecular weight excluding hydrogens is 384 g/mol. The fourth-order valence-electron chi connectivity index (χ4n) is 2.81. The second kappa shape index (κ2) is 8.46. The molecule has 1 aromatic carbocycles. The smallest absolute Gasteiger partial charge is 0.158 e. The van der Waals surface area contributed by atoms with E-state index in [2.05, 4.69) is 27.0 Å². The van der Waals surface area contributed by atoms with Crippen LogP contribution in [0.3, 0.4) is 0 Å². The molecule has 2 atom stereocenters. The molecule has 24 heavy (non-hydrogen) atoms. The Hall–Kier alpha value is -1.64. The number of carbonyl (C=O) groups is 1. The molecule has 1 aliphatic heterocycles. The Kier molecular flexibility index (Phi) is 6.59. The summed E-state index contributed by atoms with van der Waals surface area (Å²) in [7, 11) is 0. The van der Waals surface area contributed by atoms with Crippen LogP contribution in [0.5, 0.6) is 0 Å². The molecular formula is C19H19BrN2OS. The number of allylic oxidation sites excluding steroid dienone is 3. The van der Waals surface area contributed by atoms with Crippen LogP contribution < -0.4 is 0 Å². The maximum absolute atomic E-state index is 12.2. The summed E-state index contributed by atoms with van der Waals surface area (Å²) >= 11 is 4.99. The number of halogens is 1. The average molecular weight is 403 g/mol. The summed E-state index contributed by atoms with van der Waals surface area (Å²) in [6, 6.07) is 10.2. The molecule has 0 saturated carbocycles. The van der Waals surface area contributed by atoms with Crippen molar-refractivity contribution in [1.29, 1.82) is 5.26 Å². The van der Waals surface area contributed by atoms with Crippen LogP contribution in [-0.4, -0.2) is 16.6 Å². The molecule has 0 N–H and O–H groups in total. The summed E-state index contributed by atoms with van der Waals surface area (Å²) in [6.07, 6.45) is 4.02. The lowest BCUT2D eigenvalue weighted by atomic mass is 9.78. The van der Waals surface area contributed by atoms with Crippen LogP contribution in [0.25, 0.3) is 0 Å². The number of ketones is 1. The third kappa shape index (κ3) is 4.06. The van der Waals surface area contributed by atoms with Crippen molar-refractivity contribution >= 4 is 38.5 Å². The highest BCUT2D eigenvalue weighted by atomic mass is 79.9. The van der Waals surface area contributed by atoms with Crippen molar-refractivity contribution in [3.8, 4) is 6.07 Å². The van der Waals surface area contributed by atoms with Gasteiger partial charge in [0.25, 0.3) is 0 Å². The zero-order valence-corrected chi connectivity index (χ0v) is 16.3. The van der Waals surface area contributed by atoms with Crippen LogP contribution in [0.1, 0.15) is 32.3 Å². The number of rotatable bonds is 4. The zero-order chi connectivity index (χ0) is 17.7. The van der Waals surface area contributed by atoms with Gasteiger partial charge in [-0.05, 0) is 38.5 Å². The maximum atomic E-state index is 12.2. The largest absolute Gasteiger partial charge is 0.295 e. The van der Waals surface area contributed by atoms with Gasteiger partial charge < -0.3 is 0 Å². The molecule has 1 aliphatic rings. The van der Waals surface area contributed by atoms with Gasteiger partial charge in [-0.3, -0.25) is 4.79 Å². The number of nitriles is 1. The third-order valence-corrected chi connectivity index (χ3v) is 5.42. The van der Waals surface area contributed by atoms with E-state index in [1.807, 2.05) is 50.3 Å². The number of benzene rings is 1. The minimum atomic E-state index is -0.441. The van der Waals surface area contributed by atoms with Gasteiger partial charge >= 0.3 is 0 Å². The van der Waals surface area contributed by atoms with Gasteiger partial charge in [-0.15, -0.1) is 11.8 Å². The molecule has 124 valence electrons. The van der Waals surface area contributed by atoms with Crippen molar-refractivity contribution in [1.82, 2.24) is 0 Å². The van der Waals surface area contributed by atoms with Gasteiger partial charge in [-0.2, -0.15) is 5.26 Å². The van der Waals surface area contributed by atoms with Gasteiger partial charge in [0.1, 0.15) is 5.92 Å². The van der Waals surface area contributed by atoms with Gasteiger partial charge in [0.05, 0.1) is 11.1 Å². The lowest BCUT2D eigenvalue weighted by molar-refractivity contribution is -0.114. The normalized spacial score (nSPS) is 20.9. The molecule has 1 heterocycles. The minimum absolute atomic E-state index is 0.0260. The molecule has 3 nitrogen and oxygen atoms in total. The summed E-state index contributed by atoms with van der Waals surface area (Å²) in [4.78, 5) is 16.8. The van der Waals surface area contributed by atoms with E-state index in [-0.39, 0.29) is 11.7 Å². The standard InChI is InChI=1S/C19H19BrN2OS/c1-4-5-10-24-19-16(11-21)18(14-6-8-15(20)9-7-14)17(13(3)23)12(2)22-19/h4-9,16,18H,10H2,1-3H3/b5-4+/t16?,18-/m0/s1. The van der Waals surface area contributed by atoms with E-state index in [4.69, 9.17) is 0 Å². The highest BCUT2D eigenvalue weighted by Crippen LogP contribution is 2.41. The SMILES string of the molecule is C/C=C/CSC1=NC(C)=C(C(C)=O)[C@@H](c2ccc(Br)cc2)C1C#N. The van der Waals surface area contributed by atoms with Gasteiger partial charge in [0.15, 0.2) is 5.78 Å². The molecule has 0 radical (unpaired) electrons. The molecule has 5 heteroatoms. The molecule has 0 spiro atoms. The first kappa shape index (κ1) is 18.7. The summed E-state index contributed by atoms with van der Waals surface area (Å²) < 4.78 is 0.969. The van der Waals surface area contributed by atoms with E-state index in [9.17, 15) is 10.1 Å². The van der Waals surface area contributed by atoms with Crippen LogP contribution >= 0.6 is 27.7 Å². The van der Waals surface area contributed by atoms with E-state index in [0.29, 0.717) is 11.3 Å². The third-order valence-electron chi connectivity index (χ3n) is 3.89. The molecule has 0 saturated heterocycles. The molecule has 1 aromatic rings. The summed E-state index contributed by atoms with van der Waals surface area (Å²) in [5.41, 5.74) is 2.32. The van der Waals surface area contributed by atoms with Crippen molar-refractivity contribution in [3.63, 3.8) is 0 Å². The van der Waals surface area contributed by atoms with Crippen LogP contribution in [-0.2, 0) is 4.79 Å². The molecule has 0 amide bonds. The fourth-order valence-corrected chi connectivity index (χ4v) is 4.11. The second-order valence-electron chi connectivity index (χ2n) is 5.52. The Morgan fingerprint density at radius 3 is 2.62 bits per heavy atom. The Morgan fingerprint density at radius 2 is 2.08 bits per heavy atom. The van der Waals surface area contributed by atoms with Crippen molar-refractivity contribution in [2.75, 3.05) is 5.75 Å². The predicted octanol–water partition coefficient (Wildman–Crippen LogP) is 5.26. The first-order chi connectivity index (χ1) is 11.5. The minimum Gasteiger partial charge on any atom is -0.295 e. The van der Waals surface area contributed by atoms with Gasteiger partial charge in [-0.1, -0.05) is 40.2 Å². The average Bonchev–Trinajstić information content (AvgIpc) is 2.55. The summed E-state index contributed by atoms with van der Waals surface area (Å²) in [5, 5.41) is 10.6. The van der Waals surface area contributed by atoms with Gasteiger partial charge in [0.2, 0.25) is 0 Å². The number of hydrogen-bond donors (Lipinski definition) is 0. The quantitative estimate of drug-likeness (QED) is 0.645. The fraction of sp³-hybridized carbons (Fsp3) is 0.316. The number of aliphatic imine (C=N–C) groups is 1. The number of hydrogen-bond acceptors (Lipinski definition) is 4. The molecule has 0 aliphatic carbocycles. The first-order valence-corrected chi connectivity index (χ1v) is 9.46. The van der Waals surface area contributed by atoms with Crippen molar-refractivity contribution in [2.24, 2.45) is 10.9 Å². The molecule has 1 unspecified atom stereocenters. The molecule has 0 aromatic heterocycles. The van der Waals surface area contributed by atoms with E-state index >= 15 is 0 Å². The first-order valence-electron chi connectivity index (χ1n) is 7.69. The van der Waals surface area contributed by atoms with Crippen LogP contribution in [0.15, 0.2) is 57.2 Å². The lowest BCUT2D eigenvalue weighted by Crippen LogP contribution is -2.28. The van der Waals surface area contributed by atoms with E-state index in [0.717, 1.165) is 20.8 Å². The number of carbonyl (C=O) groups excluding carboxylic acids is 1. The number of thioether (sulfide) groups is 1. The maximum Gasteiger partial charge on any atom is 0.158 e. The lowest BCUT2D eigenvalue weighted by Gasteiger charge is -2.29. The predicted molar refractivity (Wildman–Crippen MR) is 104 cm³/mol. The van der Waals surface area contributed by atoms with Gasteiger partial charge in [-0.25, -0.2) is 4.99 Å². The summed E-state index contributed by atoms with van der Waals surface area (Å²) in [5.74, 6) is 0.0284. The second-order valence-corrected chi connectivity index (χ2v) is 7.48. The Labute approximate surface area is 155 Å². The molecule has 0 bridgehead atoms.